The average Bonchev–Trinajstić information content (AvgIpc) is 3.52. The van der Waals surface area contributed by atoms with Gasteiger partial charge in [-0.05, 0) is 85.1 Å². The van der Waals surface area contributed by atoms with Gasteiger partial charge in [-0.15, -0.1) is 0 Å². The topological polar surface area (TPSA) is 135 Å². The highest BCUT2D eigenvalue weighted by atomic mass is 19.1. The van der Waals surface area contributed by atoms with Crippen LogP contribution >= 0.6 is 0 Å². The van der Waals surface area contributed by atoms with Gasteiger partial charge in [-0.25, -0.2) is 9.18 Å². The zero-order valence-electron chi connectivity index (χ0n) is 24.7. The Labute approximate surface area is 259 Å². The van der Waals surface area contributed by atoms with Crippen LogP contribution in [-0.4, -0.2) is 53.1 Å². The number of phenolic OH excluding ortho intramolecular Hbond substituents is 1. The number of aromatic carboxylic acids is 1. The molecule has 1 aliphatic heterocycles. The largest absolute Gasteiger partial charge is 0.507 e. The first-order chi connectivity index (χ1) is 21.7. The molecule has 0 amide bonds. The molecule has 234 valence electrons. The van der Waals surface area contributed by atoms with Crippen LogP contribution in [0.25, 0.3) is 11.1 Å². The van der Waals surface area contributed by atoms with E-state index in [1.54, 1.807) is 48.5 Å². The number of ether oxygens (including phenoxy) is 3. The lowest BCUT2D eigenvalue weighted by molar-refractivity contribution is -0.139. The molecule has 4 aromatic rings. The summed E-state index contributed by atoms with van der Waals surface area (Å²) in [6.07, 6.45) is 1.72. The minimum absolute atomic E-state index is 0.0299. The monoisotopic (exact) mass is 615 g/mol. The summed E-state index contributed by atoms with van der Waals surface area (Å²) in [6.45, 7) is 3.06. The second-order valence-corrected chi connectivity index (χ2v) is 10.7. The van der Waals surface area contributed by atoms with Gasteiger partial charge in [0.25, 0.3) is 0 Å². The molecule has 0 aliphatic carbocycles. The smallest absolute Gasteiger partial charge is 0.335 e. The Morgan fingerprint density at radius 2 is 1.60 bits per heavy atom. The predicted octanol–water partition coefficient (Wildman–Crippen LogP) is 6.63. The molecule has 10 heteroatoms. The van der Waals surface area contributed by atoms with Crippen molar-refractivity contribution in [2.45, 2.75) is 38.1 Å². The van der Waals surface area contributed by atoms with Gasteiger partial charge in [0.1, 0.15) is 40.6 Å². The molecule has 0 bridgehead atoms. The van der Waals surface area contributed by atoms with Crippen molar-refractivity contribution >= 4 is 11.9 Å². The fourth-order valence-electron chi connectivity index (χ4n) is 5.48. The van der Waals surface area contributed by atoms with Crippen LogP contribution < -0.4 is 19.5 Å². The molecule has 0 saturated carbocycles. The molecule has 1 fully saturated rings. The molecule has 4 aromatic carbocycles. The Hall–Kier alpha value is -5.09. The first-order valence-corrected chi connectivity index (χ1v) is 14.7. The van der Waals surface area contributed by atoms with Gasteiger partial charge in [0.2, 0.25) is 0 Å². The van der Waals surface area contributed by atoms with Crippen LogP contribution in [-0.2, 0) is 11.2 Å². The molecule has 0 spiro atoms. The van der Waals surface area contributed by atoms with Gasteiger partial charge in [0.05, 0.1) is 18.8 Å². The second kappa shape index (κ2) is 14.1. The SMILES string of the molecule is CCc1cc(-c2ccc(F)cc2)c(O)cc1OCCCOc1cccc(Oc2ccc(C(=O)O)cc2)c1C1CCN[C@@H]1C(=O)O. The van der Waals surface area contributed by atoms with Crippen molar-refractivity contribution < 1.29 is 43.5 Å². The first kappa shape index (κ1) is 31.3. The van der Waals surface area contributed by atoms with Gasteiger partial charge in [-0.3, -0.25) is 4.79 Å². The standard InChI is InChI=1S/C35H34FNO8/c1-2-21-19-27(22-7-11-24(36)12-8-22)28(38)20-31(21)44-18-4-17-43-29-5-3-6-30(32(29)26-15-16-37-33(26)35(41)42)45-25-13-9-23(10-14-25)34(39)40/h3,5-14,19-20,26,33,37-38H,2,4,15-18H2,1H3,(H,39,40)(H,41,42)/t26?,33-/m0/s1. The number of hydrogen-bond donors (Lipinski definition) is 4. The van der Waals surface area contributed by atoms with Gasteiger partial charge in [0, 0.05) is 29.5 Å². The maximum absolute atomic E-state index is 13.4. The number of phenols is 1. The third kappa shape index (κ3) is 7.35. The van der Waals surface area contributed by atoms with Crippen molar-refractivity contribution in [3.05, 3.63) is 101 Å². The van der Waals surface area contributed by atoms with Gasteiger partial charge in [-0.2, -0.15) is 0 Å². The molecular weight excluding hydrogens is 581 g/mol. The van der Waals surface area contributed by atoms with Crippen LogP contribution in [0.4, 0.5) is 4.39 Å². The number of hydrogen-bond acceptors (Lipinski definition) is 7. The molecule has 1 aliphatic rings. The fourth-order valence-corrected chi connectivity index (χ4v) is 5.48. The maximum Gasteiger partial charge on any atom is 0.335 e. The van der Waals surface area contributed by atoms with Crippen LogP contribution in [0.5, 0.6) is 28.7 Å². The van der Waals surface area contributed by atoms with E-state index in [0.29, 0.717) is 72.1 Å². The van der Waals surface area contributed by atoms with Crippen LogP contribution in [0.15, 0.2) is 78.9 Å². The Morgan fingerprint density at radius 1 is 0.911 bits per heavy atom. The number of carbonyl (C=O) groups is 2. The average molecular weight is 616 g/mol. The zero-order chi connectivity index (χ0) is 31.9. The summed E-state index contributed by atoms with van der Waals surface area (Å²) >= 11 is 0. The minimum atomic E-state index is -1.05. The van der Waals surface area contributed by atoms with Gasteiger partial charge in [0.15, 0.2) is 0 Å². The van der Waals surface area contributed by atoms with Crippen molar-refractivity contribution in [2.24, 2.45) is 0 Å². The van der Waals surface area contributed by atoms with Crippen molar-refractivity contribution in [1.29, 1.82) is 0 Å². The van der Waals surface area contributed by atoms with Gasteiger partial charge in [-0.1, -0.05) is 25.1 Å². The number of carboxylic acids is 2. The summed E-state index contributed by atoms with van der Waals surface area (Å²) in [4.78, 5) is 23.3. The summed E-state index contributed by atoms with van der Waals surface area (Å²) < 4.78 is 31.7. The lowest BCUT2D eigenvalue weighted by Crippen LogP contribution is -2.34. The van der Waals surface area contributed by atoms with Crippen molar-refractivity contribution in [1.82, 2.24) is 5.32 Å². The highest BCUT2D eigenvalue weighted by Gasteiger charge is 2.37. The van der Waals surface area contributed by atoms with Crippen LogP contribution in [0.3, 0.4) is 0 Å². The zero-order valence-corrected chi connectivity index (χ0v) is 24.7. The van der Waals surface area contributed by atoms with Crippen molar-refractivity contribution in [3.8, 4) is 39.9 Å². The molecular formula is C35H34FNO8. The van der Waals surface area contributed by atoms with E-state index >= 15 is 0 Å². The molecule has 1 heterocycles. The molecule has 1 unspecified atom stereocenters. The van der Waals surface area contributed by atoms with E-state index in [2.05, 4.69) is 5.32 Å². The van der Waals surface area contributed by atoms with E-state index in [0.717, 1.165) is 5.56 Å². The summed E-state index contributed by atoms with van der Waals surface area (Å²) in [5, 5.41) is 32.8. The van der Waals surface area contributed by atoms with Gasteiger partial charge >= 0.3 is 11.9 Å². The molecule has 2 atom stereocenters. The molecule has 9 nitrogen and oxygen atoms in total. The molecule has 0 radical (unpaired) electrons. The van der Waals surface area contributed by atoms with E-state index in [9.17, 15) is 29.3 Å². The second-order valence-electron chi connectivity index (χ2n) is 10.7. The van der Waals surface area contributed by atoms with Gasteiger partial charge < -0.3 is 34.8 Å². The minimum Gasteiger partial charge on any atom is -0.507 e. The Balaban J connectivity index is 1.29. The van der Waals surface area contributed by atoms with Crippen molar-refractivity contribution in [2.75, 3.05) is 19.8 Å². The quantitative estimate of drug-likeness (QED) is 0.122. The van der Waals surface area contributed by atoms with E-state index in [-0.39, 0.29) is 23.7 Å². The Kier molecular flexibility index (Phi) is 9.84. The lowest BCUT2D eigenvalue weighted by Gasteiger charge is -2.23. The molecule has 1 saturated heterocycles. The maximum atomic E-state index is 13.4. The van der Waals surface area contributed by atoms with E-state index < -0.39 is 23.9 Å². The highest BCUT2D eigenvalue weighted by molar-refractivity contribution is 5.87. The van der Waals surface area contributed by atoms with Crippen molar-refractivity contribution in [3.63, 3.8) is 0 Å². The molecule has 0 aromatic heterocycles. The Bertz CT molecular complexity index is 1660. The van der Waals surface area contributed by atoms with Crippen LogP contribution in [0.1, 0.15) is 47.2 Å². The normalized spacial score (nSPS) is 15.9. The first-order valence-electron chi connectivity index (χ1n) is 14.7. The Morgan fingerprint density at radius 3 is 2.27 bits per heavy atom. The van der Waals surface area contributed by atoms with Crippen LogP contribution in [0.2, 0.25) is 0 Å². The number of carboxylic acid groups (broad SMARTS) is 2. The third-order valence-corrected chi connectivity index (χ3v) is 7.73. The third-order valence-electron chi connectivity index (χ3n) is 7.73. The molecule has 5 rings (SSSR count). The van der Waals surface area contributed by atoms with E-state index in [1.165, 1.54) is 24.3 Å². The lowest BCUT2D eigenvalue weighted by atomic mass is 9.90. The predicted molar refractivity (Wildman–Crippen MR) is 165 cm³/mol. The fraction of sp³-hybridized carbons (Fsp3) is 0.257. The molecule has 4 N–H and O–H groups in total. The molecule has 45 heavy (non-hydrogen) atoms. The summed E-state index contributed by atoms with van der Waals surface area (Å²) in [5.41, 5.74) is 2.93. The van der Waals surface area contributed by atoms with Crippen LogP contribution in [0, 0.1) is 5.82 Å². The number of aryl methyl sites for hydroxylation is 1. The number of aromatic hydroxyl groups is 1. The van der Waals surface area contributed by atoms with E-state index in [1.807, 2.05) is 13.0 Å². The van der Waals surface area contributed by atoms with E-state index in [4.69, 9.17) is 14.2 Å². The number of benzene rings is 4. The number of nitrogens with one attached hydrogen (secondary N) is 1. The summed E-state index contributed by atoms with van der Waals surface area (Å²) in [7, 11) is 0. The summed E-state index contributed by atoms with van der Waals surface area (Å²) in [5.74, 6) is -0.888. The number of rotatable bonds is 13. The summed E-state index contributed by atoms with van der Waals surface area (Å²) in [6, 6.07) is 19.8. The number of halogens is 1. The highest BCUT2D eigenvalue weighted by Crippen LogP contribution is 2.42. The number of aliphatic carboxylic acids is 1.